The second kappa shape index (κ2) is 5.62. The van der Waals surface area contributed by atoms with Gasteiger partial charge in [-0.15, -0.1) is 0 Å². The molecule has 0 heterocycles. The van der Waals surface area contributed by atoms with E-state index < -0.39 is 0 Å². The van der Waals surface area contributed by atoms with Crippen LogP contribution >= 0.6 is 45.7 Å². The summed E-state index contributed by atoms with van der Waals surface area (Å²) in [6.45, 7) is 0.554. The zero-order valence-electron chi connectivity index (χ0n) is 4.53. The summed E-state index contributed by atoms with van der Waals surface area (Å²) >= 11 is 3.85. The predicted octanol–water partition coefficient (Wildman–Crippen LogP) is -0.281. The number of halogens is 2. The van der Waals surface area contributed by atoms with Crippen molar-refractivity contribution in [1.29, 1.82) is 0 Å². The molecule has 4 N–H and O–H groups in total. The van der Waals surface area contributed by atoms with Crippen molar-refractivity contribution >= 4 is 51.6 Å². The van der Waals surface area contributed by atoms with E-state index in [9.17, 15) is 4.79 Å². The largest absolute Gasteiger partial charge is 0.368 e. The highest BCUT2D eigenvalue weighted by molar-refractivity contribution is 14.1. The maximum atomic E-state index is 10.4. The summed E-state index contributed by atoms with van der Waals surface area (Å²) in [4.78, 5) is 10.4. The lowest BCUT2D eigenvalue weighted by Crippen LogP contribution is -2.42. The number of primary amides is 1. The van der Waals surface area contributed by atoms with E-state index in [4.69, 9.17) is 5.73 Å². The highest BCUT2D eigenvalue weighted by Crippen LogP contribution is 1.85. The molecule has 0 aromatic heterocycles. The molecule has 6 heteroatoms. The van der Waals surface area contributed by atoms with Crippen molar-refractivity contribution < 1.29 is 4.79 Å². The van der Waals surface area contributed by atoms with E-state index in [1.54, 1.807) is 0 Å². The molecule has 0 saturated heterocycles. The molecule has 0 aromatic rings. The van der Waals surface area contributed by atoms with Gasteiger partial charge in [-0.25, -0.2) is 3.53 Å². The fourth-order valence-corrected chi connectivity index (χ4v) is 1.24. The fourth-order valence-electron chi connectivity index (χ4n) is 0.270. The molecule has 54 valence electrons. The van der Waals surface area contributed by atoms with Crippen LogP contribution < -0.4 is 12.8 Å². The molecule has 0 aliphatic carbocycles. The Morgan fingerprint density at radius 3 is 2.33 bits per heavy atom. The average Bonchev–Trinajstić information content (AvgIpc) is 1.82. The topological polar surface area (TPSA) is 67.2 Å². The van der Waals surface area contributed by atoms with Crippen LogP contribution in [0.1, 0.15) is 0 Å². The molecular formula is C3H7I2N3O. The number of nitrogens with two attached hydrogens (primary N) is 1. The summed E-state index contributed by atoms with van der Waals surface area (Å²) in [7, 11) is 0. The number of hydrogen-bond donors (Lipinski definition) is 3. The van der Waals surface area contributed by atoms with Gasteiger partial charge in [0.05, 0.1) is 0 Å². The second-order valence-corrected chi connectivity index (χ2v) is 2.79. The molecule has 0 bridgehead atoms. The van der Waals surface area contributed by atoms with E-state index in [0.717, 1.165) is 0 Å². The maximum Gasteiger partial charge on any atom is 0.236 e. The highest BCUT2D eigenvalue weighted by atomic mass is 127. The van der Waals surface area contributed by atoms with Crippen LogP contribution in [0.2, 0.25) is 0 Å². The number of carbonyl (C=O) groups excluding carboxylic acids is 1. The van der Waals surface area contributed by atoms with Crippen LogP contribution in [-0.2, 0) is 4.79 Å². The molecule has 0 radical (unpaired) electrons. The highest BCUT2D eigenvalue weighted by Gasteiger charge is 2.10. The van der Waals surface area contributed by atoms with Crippen molar-refractivity contribution in [2.24, 2.45) is 5.73 Å². The fraction of sp³-hybridized carbons (Fsp3) is 0.667. The van der Waals surface area contributed by atoms with Gasteiger partial charge in [-0.3, -0.25) is 8.32 Å². The molecule has 9 heavy (non-hydrogen) atoms. The van der Waals surface area contributed by atoms with Crippen LogP contribution in [0.5, 0.6) is 0 Å². The Bertz CT molecular complexity index is 99.1. The minimum Gasteiger partial charge on any atom is -0.368 e. The first-order valence-corrected chi connectivity index (χ1v) is 4.37. The third kappa shape index (κ3) is 4.28. The lowest BCUT2D eigenvalue weighted by molar-refractivity contribution is -0.119. The molecule has 1 amide bonds. The van der Waals surface area contributed by atoms with Crippen LogP contribution in [0.25, 0.3) is 0 Å². The van der Waals surface area contributed by atoms with E-state index in [1.165, 1.54) is 0 Å². The number of nitrogens with one attached hydrogen (secondary N) is 2. The summed E-state index contributed by atoms with van der Waals surface area (Å²) in [6, 6.07) is -0.275. The van der Waals surface area contributed by atoms with Crippen molar-refractivity contribution in [3.63, 3.8) is 0 Å². The quantitative estimate of drug-likeness (QED) is 0.480. The summed E-state index contributed by atoms with van der Waals surface area (Å²) in [5.74, 6) is -0.339. The normalized spacial score (nSPS) is 13.1. The smallest absolute Gasteiger partial charge is 0.236 e. The van der Waals surface area contributed by atoms with Crippen molar-refractivity contribution in [3.8, 4) is 0 Å². The lowest BCUT2D eigenvalue weighted by atomic mass is 10.3. The number of carbonyl (C=O) groups is 1. The summed E-state index contributed by atoms with van der Waals surface area (Å²) in [6.07, 6.45) is 0. The molecule has 0 rings (SSSR count). The van der Waals surface area contributed by atoms with E-state index in [0.29, 0.717) is 6.54 Å². The van der Waals surface area contributed by atoms with Gasteiger partial charge in [-0.1, -0.05) is 0 Å². The Morgan fingerprint density at radius 2 is 2.22 bits per heavy atom. The molecule has 1 atom stereocenters. The molecular weight excluding hydrogens is 348 g/mol. The van der Waals surface area contributed by atoms with Gasteiger partial charge >= 0.3 is 0 Å². The van der Waals surface area contributed by atoms with E-state index >= 15 is 0 Å². The maximum absolute atomic E-state index is 10.4. The van der Waals surface area contributed by atoms with Crippen LogP contribution in [0.15, 0.2) is 0 Å². The standard InChI is InChI=1S/C3H7I2N3O/c4-7-1-2(8-5)3(6)9/h2,7-8H,1H2,(H2,6,9). The molecule has 0 aliphatic heterocycles. The molecule has 4 nitrogen and oxygen atoms in total. The van der Waals surface area contributed by atoms with Crippen molar-refractivity contribution in [1.82, 2.24) is 7.06 Å². The van der Waals surface area contributed by atoms with Crippen molar-refractivity contribution in [2.75, 3.05) is 6.54 Å². The Morgan fingerprint density at radius 1 is 1.67 bits per heavy atom. The Hall–Kier alpha value is 0.850. The van der Waals surface area contributed by atoms with E-state index in [1.807, 2.05) is 45.7 Å². The first-order valence-electron chi connectivity index (χ1n) is 2.21. The van der Waals surface area contributed by atoms with Gasteiger partial charge in [0.2, 0.25) is 5.91 Å². The lowest BCUT2D eigenvalue weighted by Gasteiger charge is -2.07. The van der Waals surface area contributed by atoms with Crippen molar-refractivity contribution in [2.45, 2.75) is 6.04 Å². The van der Waals surface area contributed by atoms with E-state index in [-0.39, 0.29) is 11.9 Å². The first-order chi connectivity index (χ1) is 4.22. The van der Waals surface area contributed by atoms with Crippen LogP contribution in [0.4, 0.5) is 0 Å². The third-order valence-corrected chi connectivity index (χ3v) is 1.95. The number of rotatable bonds is 4. The summed E-state index contributed by atoms with van der Waals surface area (Å²) < 4.78 is 5.53. The van der Waals surface area contributed by atoms with Crippen LogP contribution in [-0.4, -0.2) is 18.5 Å². The molecule has 0 saturated carbocycles. The predicted molar refractivity (Wildman–Crippen MR) is 52.2 cm³/mol. The molecule has 0 spiro atoms. The van der Waals surface area contributed by atoms with Gasteiger partial charge in [0.15, 0.2) is 0 Å². The van der Waals surface area contributed by atoms with Gasteiger partial charge in [-0.2, -0.15) is 0 Å². The summed E-state index contributed by atoms with van der Waals surface area (Å²) in [5.41, 5.74) is 4.98. The Labute approximate surface area is 81.3 Å². The monoisotopic (exact) mass is 355 g/mol. The van der Waals surface area contributed by atoms with E-state index in [2.05, 4.69) is 7.06 Å². The second-order valence-electron chi connectivity index (χ2n) is 1.40. The Kier molecular flexibility index (Phi) is 6.15. The zero-order chi connectivity index (χ0) is 7.28. The summed E-state index contributed by atoms with van der Waals surface area (Å²) in [5, 5.41) is 0. The van der Waals surface area contributed by atoms with Gasteiger partial charge < -0.3 is 5.73 Å². The molecule has 0 fully saturated rings. The first kappa shape index (κ1) is 9.85. The third-order valence-electron chi connectivity index (χ3n) is 0.756. The van der Waals surface area contributed by atoms with Gasteiger partial charge in [0.1, 0.15) is 6.04 Å². The SMILES string of the molecule is NC(=O)C(CNI)NI. The Balaban J connectivity index is 3.54. The van der Waals surface area contributed by atoms with Crippen LogP contribution in [0, 0.1) is 0 Å². The van der Waals surface area contributed by atoms with Gasteiger partial charge in [0, 0.05) is 52.3 Å². The minimum atomic E-state index is -0.339. The average molecular weight is 355 g/mol. The van der Waals surface area contributed by atoms with Crippen molar-refractivity contribution in [3.05, 3.63) is 0 Å². The van der Waals surface area contributed by atoms with Gasteiger partial charge in [-0.05, 0) is 0 Å². The minimum absolute atomic E-state index is 0.275. The van der Waals surface area contributed by atoms with Gasteiger partial charge in [0.25, 0.3) is 0 Å². The molecule has 0 aliphatic rings. The molecule has 0 aromatic carbocycles. The number of amides is 1. The number of hydrogen-bond acceptors (Lipinski definition) is 3. The molecule has 1 unspecified atom stereocenters. The zero-order valence-corrected chi connectivity index (χ0v) is 8.84. The van der Waals surface area contributed by atoms with Crippen LogP contribution in [0.3, 0.4) is 0 Å².